The molecule has 0 aromatic heterocycles. The third kappa shape index (κ3) is 11.1. The van der Waals surface area contributed by atoms with Crippen molar-refractivity contribution >= 4 is 29.8 Å². The van der Waals surface area contributed by atoms with E-state index >= 15 is 0 Å². The van der Waals surface area contributed by atoms with Crippen LogP contribution in [0.5, 0.6) is 5.75 Å². The van der Waals surface area contributed by atoms with Crippen LogP contribution < -0.4 is 10.6 Å². The lowest BCUT2D eigenvalue weighted by molar-refractivity contribution is -0.155. The first kappa shape index (κ1) is 38.9. The van der Waals surface area contributed by atoms with Gasteiger partial charge in [0.25, 0.3) is 5.91 Å². The molecule has 1 aliphatic carbocycles. The Morgan fingerprint density at radius 3 is 2.53 bits per heavy atom. The van der Waals surface area contributed by atoms with Crippen molar-refractivity contribution < 1.29 is 48.3 Å². The maximum Gasteiger partial charge on any atom is 0.339 e. The standard InChI is InChI=1S/C41H46N2O10/c1-41(2,3)53-36(46)19-18-31(24-44)43-39(48)29-15-8-10-26(20-29)23-42-38(47)30-21-34-37(51-25-50-34)35(22-30)52-40(49)32-16-6-4-11-27(32)13-9-14-28-12-5-7-17-33(28)45/h4-13,15-17,20-21,31,34-35,37,44-45H,14,18-19,22-25H2,1-3H3,(H,42,47)(H,43,48). The zero-order valence-electron chi connectivity index (χ0n) is 30.1. The molecule has 4 atom stereocenters. The molecular formula is C41H46N2O10. The quantitative estimate of drug-likeness (QED) is 0.170. The Labute approximate surface area is 308 Å². The zero-order chi connectivity index (χ0) is 38.0. The van der Waals surface area contributed by atoms with Gasteiger partial charge in [-0.15, -0.1) is 0 Å². The van der Waals surface area contributed by atoms with E-state index in [0.29, 0.717) is 34.2 Å². The Hall–Kier alpha value is -5.30. The molecular weight excluding hydrogens is 680 g/mol. The molecule has 53 heavy (non-hydrogen) atoms. The highest BCUT2D eigenvalue weighted by Gasteiger charge is 2.42. The van der Waals surface area contributed by atoms with Crippen molar-refractivity contribution in [2.45, 2.75) is 83.0 Å². The lowest BCUT2D eigenvalue weighted by Crippen LogP contribution is -2.43. The second-order valence-corrected chi connectivity index (χ2v) is 13.9. The number of aromatic hydroxyl groups is 1. The number of hydrogen-bond donors (Lipinski definition) is 4. The zero-order valence-corrected chi connectivity index (χ0v) is 30.1. The number of carbonyl (C=O) groups is 4. The van der Waals surface area contributed by atoms with Gasteiger partial charge in [-0.1, -0.05) is 60.7 Å². The molecule has 1 saturated heterocycles. The Morgan fingerprint density at radius 1 is 0.981 bits per heavy atom. The number of rotatable bonds is 14. The summed E-state index contributed by atoms with van der Waals surface area (Å²) < 4.78 is 22.7. The highest BCUT2D eigenvalue weighted by atomic mass is 16.7. The monoisotopic (exact) mass is 726 g/mol. The van der Waals surface area contributed by atoms with E-state index in [2.05, 4.69) is 10.6 Å². The highest BCUT2D eigenvalue weighted by molar-refractivity contribution is 5.96. The van der Waals surface area contributed by atoms with Crippen molar-refractivity contribution in [3.8, 4) is 5.75 Å². The number of esters is 2. The summed E-state index contributed by atoms with van der Waals surface area (Å²) in [6.07, 6.45) is 4.20. The summed E-state index contributed by atoms with van der Waals surface area (Å²) in [6, 6.07) is 20.1. The Bertz CT molecular complexity index is 1850. The second-order valence-electron chi connectivity index (χ2n) is 13.9. The lowest BCUT2D eigenvalue weighted by atomic mass is 9.91. The average molecular weight is 727 g/mol. The number of carbonyl (C=O) groups excluding carboxylic acids is 4. The molecule has 0 saturated carbocycles. The molecule has 4 unspecified atom stereocenters. The van der Waals surface area contributed by atoms with Gasteiger partial charge in [0.1, 0.15) is 36.5 Å². The van der Waals surface area contributed by atoms with Gasteiger partial charge in [0.05, 0.1) is 18.2 Å². The van der Waals surface area contributed by atoms with Crippen LogP contribution in [0, 0.1) is 0 Å². The summed E-state index contributed by atoms with van der Waals surface area (Å²) in [5.41, 5.74) is 2.46. The third-order valence-electron chi connectivity index (χ3n) is 8.67. The first-order chi connectivity index (χ1) is 25.4. The first-order valence-corrected chi connectivity index (χ1v) is 17.6. The van der Waals surface area contributed by atoms with E-state index in [9.17, 15) is 29.4 Å². The number of para-hydroxylation sites is 1. The summed E-state index contributed by atoms with van der Waals surface area (Å²) >= 11 is 0. The van der Waals surface area contributed by atoms with Crippen molar-refractivity contribution in [1.29, 1.82) is 0 Å². The maximum absolute atomic E-state index is 13.5. The number of ether oxygens (including phenoxy) is 4. The fourth-order valence-electron chi connectivity index (χ4n) is 6.03. The predicted molar refractivity (Wildman–Crippen MR) is 196 cm³/mol. The molecule has 2 amide bonds. The minimum absolute atomic E-state index is 0.00651. The van der Waals surface area contributed by atoms with Crippen LogP contribution in [-0.4, -0.2) is 77.3 Å². The van der Waals surface area contributed by atoms with Gasteiger partial charge in [-0.05, 0) is 80.6 Å². The molecule has 5 rings (SSSR count). The molecule has 0 spiro atoms. The molecule has 2 aliphatic rings. The van der Waals surface area contributed by atoms with Crippen molar-refractivity contribution in [2.24, 2.45) is 0 Å². The van der Waals surface area contributed by atoms with Crippen LogP contribution in [0.1, 0.15) is 77.4 Å². The number of hydrogen-bond acceptors (Lipinski definition) is 10. The fourth-order valence-corrected chi connectivity index (χ4v) is 6.03. The Balaban J connectivity index is 1.17. The van der Waals surface area contributed by atoms with Gasteiger partial charge in [-0.25, -0.2) is 4.79 Å². The van der Waals surface area contributed by atoms with Crippen molar-refractivity contribution in [2.75, 3.05) is 13.4 Å². The number of phenols is 1. The Kier molecular flexibility index (Phi) is 13.2. The van der Waals surface area contributed by atoms with E-state index in [1.54, 1.807) is 87.5 Å². The molecule has 0 bridgehead atoms. The van der Waals surface area contributed by atoms with E-state index in [4.69, 9.17) is 18.9 Å². The predicted octanol–water partition coefficient (Wildman–Crippen LogP) is 4.77. The van der Waals surface area contributed by atoms with E-state index < -0.39 is 47.8 Å². The van der Waals surface area contributed by atoms with E-state index in [1.807, 2.05) is 24.3 Å². The van der Waals surface area contributed by atoms with Crippen LogP contribution in [0.15, 0.2) is 90.5 Å². The van der Waals surface area contributed by atoms with Gasteiger partial charge < -0.3 is 39.8 Å². The van der Waals surface area contributed by atoms with Gasteiger partial charge in [0.15, 0.2) is 0 Å². The normalized spacial score (nSPS) is 18.8. The number of nitrogens with one attached hydrogen (secondary N) is 2. The van der Waals surface area contributed by atoms with E-state index in [-0.39, 0.29) is 50.9 Å². The highest BCUT2D eigenvalue weighted by Crippen LogP contribution is 2.31. The minimum Gasteiger partial charge on any atom is -0.508 e. The lowest BCUT2D eigenvalue weighted by Gasteiger charge is -2.30. The van der Waals surface area contributed by atoms with E-state index in [0.717, 1.165) is 5.56 Å². The fraction of sp³-hybridized carbons (Fsp3) is 0.366. The van der Waals surface area contributed by atoms with Crippen molar-refractivity contribution in [1.82, 2.24) is 10.6 Å². The third-order valence-corrected chi connectivity index (χ3v) is 8.67. The SMILES string of the molecule is CC(C)(C)OC(=O)CCC(CO)NC(=O)c1cccc(CNC(=O)C2=CC3OCOC3C(OC(=O)c3ccccc3C=CCc3ccccc3O)C2)c1. The number of amides is 2. The summed E-state index contributed by atoms with van der Waals surface area (Å²) in [7, 11) is 0. The maximum atomic E-state index is 13.5. The average Bonchev–Trinajstić information content (AvgIpc) is 3.62. The molecule has 1 aliphatic heterocycles. The number of phenolic OH excluding ortho intramolecular Hbond substituents is 1. The van der Waals surface area contributed by atoms with E-state index in [1.165, 1.54) is 0 Å². The number of fused-ring (bicyclic) bond motifs is 1. The Morgan fingerprint density at radius 2 is 1.75 bits per heavy atom. The summed E-state index contributed by atoms with van der Waals surface area (Å²) in [6.45, 7) is 5.05. The number of aliphatic hydroxyl groups is 1. The molecule has 1 fully saturated rings. The van der Waals surface area contributed by atoms with Crippen LogP contribution in [0.3, 0.4) is 0 Å². The minimum atomic E-state index is -0.791. The van der Waals surface area contributed by atoms with Crippen LogP contribution in [0.4, 0.5) is 0 Å². The second kappa shape index (κ2) is 18.0. The molecule has 1 heterocycles. The summed E-state index contributed by atoms with van der Waals surface area (Å²) in [5, 5.41) is 25.5. The largest absolute Gasteiger partial charge is 0.508 e. The summed E-state index contributed by atoms with van der Waals surface area (Å²) in [5.74, 6) is -1.61. The topological polar surface area (TPSA) is 170 Å². The summed E-state index contributed by atoms with van der Waals surface area (Å²) in [4.78, 5) is 52.0. The smallest absolute Gasteiger partial charge is 0.339 e. The van der Waals surface area contributed by atoms with Gasteiger partial charge in [-0.2, -0.15) is 0 Å². The van der Waals surface area contributed by atoms with Crippen molar-refractivity contribution in [3.63, 3.8) is 0 Å². The van der Waals surface area contributed by atoms with Crippen LogP contribution >= 0.6 is 0 Å². The van der Waals surface area contributed by atoms with Crippen LogP contribution in [0.25, 0.3) is 6.08 Å². The number of allylic oxidation sites excluding steroid dienone is 1. The molecule has 280 valence electrons. The number of aliphatic hydroxyl groups excluding tert-OH is 1. The molecule has 4 N–H and O–H groups in total. The van der Waals surface area contributed by atoms with Gasteiger partial charge in [-0.3, -0.25) is 14.4 Å². The van der Waals surface area contributed by atoms with Gasteiger partial charge in [0, 0.05) is 30.5 Å². The molecule has 12 heteroatoms. The first-order valence-electron chi connectivity index (χ1n) is 17.6. The molecule has 3 aromatic rings. The van der Waals surface area contributed by atoms with Crippen LogP contribution in [-0.2, 0) is 41.5 Å². The van der Waals surface area contributed by atoms with Crippen LogP contribution in [0.2, 0.25) is 0 Å². The number of benzene rings is 3. The van der Waals surface area contributed by atoms with Gasteiger partial charge >= 0.3 is 11.9 Å². The molecule has 0 radical (unpaired) electrons. The molecule has 3 aromatic carbocycles. The van der Waals surface area contributed by atoms with Gasteiger partial charge in [0.2, 0.25) is 5.91 Å². The van der Waals surface area contributed by atoms with Crippen molar-refractivity contribution in [3.05, 3.63) is 118 Å². The molecule has 12 nitrogen and oxygen atoms in total.